The van der Waals surface area contributed by atoms with Gasteiger partial charge in [0.05, 0.1) is 5.70 Å². The van der Waals surface area contributed by atoms with Crippen LogP contribution in [0.15, 0.2) is 28.5 Å². The van der Waals surface area contributed by atoms with Gasteiger partial charge in [0.1, 0.15) is 0 Å². The lowest BCUT2D eigenvalue weighted by Crippen LogP contribution is -2.26. The number of rotatable bonds is 1. The summed E-state index contributed by atoms with van der Waals surface area (Å²) in [6, 6.07) is 0.427. The Morgan fingerprint density at radius 1 is 1.06 bits per heavy atom. The molecule has 1 aliphatic heterocycles. The van der Waals surface area contributed by atoms with Crippen LogP contribution >= 0.6 is 0 Å². The quantitative estimate of drug-likeness (QED) is 0.623. The zero-order valence-corrected chi connectivity index (χ0v) is 13.8. The molecule has 0 saturated carbocycles. The van der Waals surface area contributed by atoms with Crippen LogP contribution in [0.3, 0.4) is 0 Å². The van der Waals surface area contributed by atoms with Gasteiger partial charge in [-0.3, -0.25) is 5.01 Å². The van der Waals surface area contributed by atoms with Crippen LogP contribution in [0.5, 0.6) is 0 Å². The highest BCUT2D eigenvalue weighted by Gasteiger charge is 2.12. The van der Waals surface area contributed by atoms with Crippen LogP contribution in [0.2, 0.25) is 0 Å². The third kappa shape index (κ3) is 9.03. The fraction of sp³-hybridized carbons (Fsp3) is 0.688. The van der Waals surface area contributed by atoms with Gasteiger partial charge in [-0.2, -0.15) is 5.10 Å². The summed E-state index contributed by atoms with van der Waals surface area (Å²) in [6.45, 7) is 19.0. The van der Waals surface area contributed by atoms with Crippen LogP contribution in [0.4, 0.5) is 0 Å². The molecule has 0 atom stereocenters. The molecule has 18 heavy (non-hydrogen) atoms. The number of hydrogen-bond donors (Lipinski definition) is 0. The molecule has 0 saturated heterocycles. The lowest BCUT2D eigenvalue weighted by atomic mass is 10.2. The Hall–Kier alpha value is -1.05. The van der Waals surface area contributed by atoms with Crippen molar-refractivity contribution in [2.24, 2.45) is 11.0 Å². The molecule has 0 bridgehead atoms. The van der Waals surface area contributed by atoms with E-state index in [0.717, 1.165) is 5.92 Å². The van der Waals surface area contributed by atoms with E-state index in [9.17, 15) is 0 Å². The molecular weight excluding hydrogens is 220 g/mol. The Morgan fingerprint density at radius 3 is 1.78 bits per heavy atom. The molecule has 0 aromatic carbocycles. The van der Waals surface area contributed by atoms with Crippen molar-refractivity contribution in [1.82, 2.24) is 5.01 Å². The van der Waals surface area contributed by atoms with Gasteiger partial charge in [0.2, 0.25) is 0 Å². The lowest BCUT2D eigenvalue weighted by molar-refractivity contribution is 0.304. The summed E-state index contributed by atoms with van der Waals surface area (Å²) >= 11 is 0. The fourth-order valence-corrected chi connectivity index (χ4v) is 1.19. The van der Waals surface area contributed by atoms with E-state index in [1.54, 1.807) is 0 Å². The summed E-state index contributed by atoms with van der Waals surface area (Å²) in [7, 11) is 0. The topological polar surface area (TPSA) is 15.6 Å². The Bertz CT molecular complexity index is 277. The highest BCUT2D eigenvalue weighted by atomic mass is 15.5. The molecular formula is C16H32N2. The van der Waals surface area contributed by atoms with Crippen molar-refractivity contribution >= 4 is 6.21 Å². The van der Waals surface area contributed by atoms with Gasteiger partial charge >= 0.3 is 0 Å². The molecule has 0 amide bonds. The third-order valence-electron chi connectivity index (χ3n) is 1.78. The maximum atomic E-state index is 4.30. The van der Waals surface area contributed by atoms with Crippen molar-refractivity contribution in [1.29, 1.82) is 0 Å². The van der Waals surface area contributed by atoms with Gasteiger partial charge in [-0.15, -0.1) is 0 Å². The second kappa shape index (κ2) is 11.1. The normalized spacial score (nSPS) is 13.1. The maximum Gasteiger partial charge on any atom is 0.0583 e. The predicted molar refractivity (Wildman–Crippen MR) is 84.8 cm³/mol. The Morgan fingerprint density at radius 2 is 1.50 bits per heavy atom. The van der Waals surface area contributed by atoms with Crippen LogP contribution in [-0.4, -0.2) is 17.3 Å². The van der Waals surface area contributed by atoms with E-state index >= 15 is 0 Å². The van der Waals surface area contributed by atoms with Crippen LogP contribution in [-0.2, 0) is 0 Å². The Labute approximate surface area is 114 Å². The average molecular weight is 252 g/mol. The average Bonchev–Trinajstić information content (AvgIpc) is 2.30. The van der Waals surface area contributed by atoms with Crippen LogP contribution in [0, 0.1) is 5.92 Å². The Kier molecular flexibility index (Phi) is 11.9. The van der Waals surface area contributed by atoms with Crippen molar-refractivity contribution in [3.63, 3.8) is 0 Å². The minimum Gasteiger partial charge on any atom is -0.263 e. The molecule has 1 aliphatic rings. The van der Waals surface area contributed by atoms with Gasteiger partial charge in [-0.05, 0) is 45.8 Å². The zero-order chi connectivity index (χ0) is 14.7. The largest absolute Gasteiger partial charge is 0.263 e. The molecule has 0 unspecified atom stereocenters. The van der Waals surface area contributed by atoms with Crippen molar-refractivity contribution in [2.75, 3.05) is 0 Å². The van der Waals surface area contributed by atoms with Crippen LogP contribution < -0.4 is 0 Å². The molecule has 0 fully saturated rings. The first kappa shape index (κ1) is 19.3. The molecule has 2 heteroatoms. The monoisotopic (exact) mass is 252 g/mol. The minimum atomic E-state index is 0.427. The molecule has 1 heterocycles. The van der Waals surface area contributed by atoms with Crippen LogP contribution in [0.25, 0.3) is 0 Å². The van der Waals surface area contributed by atoms with Gasteiger partial charge in [-0.1, -0.05) is 40.2 Å². The van der Waals surface area contributed by atoms with Crippen molar-refractivity contribution in [3.8, 4) is 0 Å². The first-order valence-electron chi connectivity index (χ1n) is 7.03. The molecule has 0 aromatic heterocycles. The smallest absolute Gasteiger partial charge is 0.0583 e. The summed E-state index contributed by atoms with van der Waals surface area (Å²) in [5, 5.41) is 6.33. The van der Waals surface area contributed by atoms with Crippen molar-refractivity contribution < 1.29 is 0 Å². The second-order valence-electron chi connectivity index (χ2n) is 5.18. The summed E-state index contributed by atoms with van der Waals surface area (Å²) in [5.74, 6) is 0.833. The van der Waals surface area contributed by atoms with Gasteiger partial charge < -0.3 is 0 Å². The summed E-state index contributed by atoms with van der Waals surface area (Å²) in [4.78, 5) is 0. The van der Waals surface area contributed by atoms with E-state index in [1.807, 2.05) is 31.1 Å². The lowest BCUT2D eigenvalue weighted by Gasteiger charge is -2.27. The summed E-state index contributed by atoms with van der Waals surface area (Å²) in [6.07, 6.45) is 5.90. The highest BCUT2D eigenvalue weighted by Crippen LogP contribution is 2.17. The molecule has 0 N–H and O–H groups in total. The number of nitrogens with zero attached hydrogens (tertiary/aromatic N) is 2. The molecule has 0 aromatic rings. The van der Waals surface area contributed by atoms with Gasteiger partial charge in [0, 0.05) is 12.3 Å². The van der Waals surface area contributed by atoms with E-state index in [4.69, 9.17) is 0 Å². The van der Waals surface area contributed by atoms with Gasteiger partial charge in [-0.25, -0.2) is 0 Å². The molecule has 0 spiro atoms. The van der Waals surface area contributed by atoms with E-state index < -0.39 is 0 Å². The van der Waals surface area contributed by atoms with E-state index in [2.05, 4.69) is 59.6 Å². The van der Waals surface area contributed by atoms with Gasteiger partial charge in [0.25, 0.3) is 0 Å². The standard InChI is InChI=1S/C10H16N2.C4H10.C2H6/c1-8(2)10-6-5-7-11-12(10)9(3)4;1-4(2)3;1-2/h5-7,9H,1-4H3;4H,1-3H3;1-2H3. The highest BCUT2D eigenvalue weighted by molar-refractivity contribution is 5.73. The molecule has 106 valence electrons. The molecule has 0 radical (unpaired) electrons. The first-order chi connectivity index (χ1) is 8.36. The molecule has 2 nitrogen and oxygen atoms in total. The Balaban J connectivity index is 0. The zero-order valence-electron chi connectivity index (χ0n) is 13.8. The van der Waals surface area contributed by atoms with E-state index in [-0.39, 0.29) is 0 Å². The molecule has 0 aliphatic carbocycles. The van der Waals surface area contributed by atoms with Gasteiger partial charge in [0.15, 0.2) is 0 Å². The second-order valence-corrected chi connectivity index (χ2v) is 5.18. The van der Waals surface area contributed by atoms with Crippen molar-refractivity contribution in [2.45, 2.75) is 68.4 Å². The third-order valence-corrected chi connectivity index (χ3v) is 1.78. The fourth-order valence-electron chi connectivity index (χ4n) is 1.19. The van der Waals surface area contributed by atoms with Crippen LogP contribution in [0.1, 0.15) is 62.3 Å². The summed E-state index contributed by atoms with van der Waals surface area (Å²) < 4.78 is 0. The first-order valence-corrected chi connectivity index (χ1v) is 7.03. The van der Waals surface area contributed by atoms with E-state index in [0.29, 0.717) is 6.04 Å². The number of hydrogen-bond acceptors (Lipinski definition) is 2. The number of allylic oxidation sites excluding steroid dienone is 3. The van der Waals surface area contributed by atoms with E-state index in [1.165, 1.54) is 11.3 Å². The maximum absolute atomic E-state index is 4.30. The summed E-state index contributed by atoms with van der Waals surface area (Å²) in [5.41, 5.74) is 2.52. The predicted octanol–water partition coefficient (Wildman–Crippen LogP) is 5.23. The molecule has 1 rings (SSSR count). The minimum absolute atomic E-state index is 0.427. The van der Waals surface area contributed by atoms with Crippen molar-refractivity contribution in [3.05, 3.63) is 23.4 Å². The number of hydrazone groups is 1. The SMILES string of the molecule is CC.CC(C)=C1C=CC=NN1C(C)C.CC(C)C.